The fourth-order valence-electron chi connectivity index (χ4n) is 4.57. The first kappa shape index (κ1) is 26.6. The van der Waals surface area contributed by atoms with E-state index in [1.165, 1.54) is 4.90 Å². The van der Waals surface area contributed by atoms with Crippen molar-refractivity contribution < 1.29 is 19.1 Å². The topological polar surface area (TPSA) is 60.8 Å². The lowest BCUT2D eigenvalue weighted by Crippen LogP contribution is -2.24. The summed E-state index contributed by atoms with van der Waals surface area (Å²) in [5.74, 6) is -0.143. The monoisotopic (exact) mass is 538 g/mol. The molecule has 1 aliphatic heterocycles. The van der Waals surface area contributed by atoms with E-state index < -0.39 is 5.97 Å². The van der Waals surface area contributed by atoms with Gasteiger partial charge in [-0.2, -0.15) is 0 Å². The highest BCUT2D eigenvalue weighted by atomic mass is 35.5. The first-order chi connectivity index (χ1) is 17.7. The molecule has 0 atom stereocenters. The van der Waals surface area contributed by atoms with Crippen LogP contribution in [0.4, 0.5) is 5.69 Å². The molecule has 1 aliphatic rings. The average molecular weight is 539 g/mol. The molecule has 0 unspecified atom stereocenters. The molecule has 0 aliphatic carbocycles. The minimum absolute atomic E-state index is 0.198. The number of aromatic nitrogens is 1. The minimum atomic E-state index is -0.539. The average Bonchev–Trinajstić information content (AvgIpc) is 3.26. The molecule has 37 heavy (non-hydrogen) atoms. The predicted molar refractivity (Wildman–Crippen MR) is 148 cm³/mol. The Hall–Kier alpha value is -3.48. The molecule has 8 heteroatoms. The van der Waals surface area contributed by atoms with E-state index in [1.54, 1.807) is 56.3 Å². The Balaban J connectivity index is 1.82. The molecule has 3 aromatic rings. The predicted octanol–water partition coefficient (Wildman–Crippen LogP) is 7.07. The second-order valence-corrected chi connectivity index (χ2v) is 9.41. The molecule has 0 saturated carbocycles. The number of benzene rings is 2. The lowest BCUT2D eigenvalue weighted by Gasteiger charge is -2.18. The summed E-state index contributed by atoms with van der Waals surface area (Å²) in [7, 11) is 0. The van der Waals surface area contributed by atoms with Crippen molar-refractivity contribution in [2.45, 2.75) is 34.6 Å². The van der Waals surface area contributed by atoms with Crippen molar-refractivity contribution in [3.8, 4) is 11.4 Å². The molecule has 4 rings (SSSR count). The van der Waals surface area contributed by atoms with E-state index in [9.17, 15) is 9.59 Å². The number of rotatable bonds is 7. The largest absolute Gasteiger partial charge is 0.494 e. The van der Waals surface area contributed by atoms with Gasteiger partial charge in [-0.3, -0.25) is 9.69 Å². The van der Waals surface area contributed by atoms with E-state index in [0.717, 1.165) is 22.6 Å². The zero-order valence-electron chi connectivity index (χ0n) is 21.4. The van der Waals surface area contributed by atoms with Crippen LogP contribution < -0.4 is 9.64 Å². The maximum atomic E-state index is 13.7. The second-order valence-electron chi connectivity index (χ2n) is 8.56. The van der Waals surface area contributed by atoms with Crippen LogP contribution in [0, 0.1) is 13.8 Å². The number of esters is 1. The number of hydrogen-bond acceptors (Lipinski definition) is 4. The van der Waals surface area contributed by atoms with E-state index in [2.05, 4.69) is 0 Å². The fourth-order valence-corrected chi connectivity index (χ4v) is 5.07. The summed E-state index contributed by atoms with van der Waals surface area (Å²) in [6, 6.07) is 14.5. The van der Waals surface area contributed by atoms with Gasteiger partial charge in [0.1, 0.15) is 5.75 Å². The van der Waals surface area contributed by atoms with Crippen molar-refractivity contribution in [3.05, 3.63) is 92.4 Å². The number of hydrogen-bond donors (Lipinski definition) is 0. The normalized spacial score (nSPS) is 14.6. The Morgan fingerprint density at radius 2 is 1.68 bits per heavy atom. The summed E-state index contributed by atoms with van der Waals surface area (Å²) in [5.41, 5.74) is 5.00. The number of nitrogens with zero attached hydrogens (tertiary/aromatic N) is 2. The highest BCUT2D eigenvalue weighted by Crippen LogP contribution is 2.37. The molecule has 0 N–H and O–H groups in total. The molecular weight excluding hydrogens is 511 g/mol. The maximum absolute atomic E-state index is 13.7. The number of aryl methyl sites for hydroxylation is 1. The Kier molecular flexibility index (Phi) is 7.81. The van der Waals surface area contributed by atoms with Gasteiger partial charge in [0.2, 0.25) is 0 Å². The van der Waals surface area contributed by atoms with Crippen LogP contribution in [0.1, 0.15) is 37.7 Å². The molecule has 1 amide bonds. The van der Waals surface area contributed by atoms with Crippen LogP contribution in [0.2, 0.25) is 10.0 Å². The van der Waals surface area contributed by atoms with Gasteiger partial charge < -0.3 is 14.0 Å². The van der Waals surface area contributed by atoms with Crippen molar-refractivity contribution in [2.75, 3.05) is 18.1 Å². The van der Waals surface area contributed by atoms with E-state index in [-0.39, 0.29) is 23.7 Å². The van der Waals surface area contributed by atoms with Crippen LogP contribution in [0.25, 0.3) is 11.8 Å². The lowest BCUT2D eigenvalue weighted by atomic mass is 10.0. The molecule has 0 bridgehead atoms. The van der Waals surface area contributed by atoms with E-state index >= 15 is 0 Å². The van der Waals surface area contributed by atoms with Gasteiger partial charge in [-0.05, 0) is 94.8 Å². The smallest absolute Gasteiger partial charge is 0.340 e. The van der Waals surface area contributed by atoms with Crippen molar-refractivity contribution in [1.29, 1.82) is 0 Å². The number of carbonyl (C=O) groups is 2. The molecule has 0 saturated heterocycles. The van der Waals surface area contributed by atoms with Gasteiger partial charge in [0.05, 0.1) is 35.1 Å². The van der Waals surface area contributed by atoms with Crippen LogP contribution in [0.15, 0.2) is 65.4 Å². The van der Waals surface area contributed by atoms with Gasteiger partial charge in [0.15, 0.2) is 0 Å². The highest BCUT2D eigenvalue weighted by Gasteiger charge is 2.38. The zero-order chi connectivity index (χ0) is 26.9. The summed E-state index contributed by atoms with van der Waals surface area (Å²) in [5, 5.41) is 1.05. The molecule has 0 fully saturated rings. The van der Waals surface area contributed by atoms with Crippen LogP contribution in [0.3, 0.4) is 0 Å². The number of amides is 1. The summed E-state index contributed by atoms with van der Waals surface area (Å²) in [4.78, 5) is 28.3. The van der Waals surface area contributed by atoms with E-state index in [1.807, 2.05) is 37.5 Å². The van der Waals surface area contributed by atoms with Crippen LogP contribution >= 0.6 is 23.2 Å². The van der Waals surface area contributed by atoms with Gasteiger partial charge in [0, 0.05) is 27.8 Å². The molecule has 1 aromatic heterocycles. The first-order valence-corrected chi connectivity index (χ1v) is 12.7. The first-order valence-electron chi connectivity index (χ1n) is 12.0. The number of anilines is 1. The third-order valence-corrected chi connectivity index (χ3v) is 6.74. The van der Waals surface area contributed by atoms with Crippen LogP contribution in [0.5, 0.6) is 5.75 Å². The van der Waals surface area contributed by atoms with Crippen molar-refractivity contribution in [1.82, 2.24) is 4.57 Å². The Morgan fingerprint density at radius 1 is 0.973 bits per heavy atom. The number of carbonyl (C=O) groups excluding carboxylic acids is 2. The van der Waals surface area contributed by atoms with Gasteiger partial charge in [-0.1, -0.05) is 23.2 Å². The Bertz CT molecular complexity index is 1430. The van der Waals surface area contributed by atoms with Crippen LogP contribution in [-0.2, 0) is 14.3 Å². The summed E-state index contributed by atoms with van der Waals surface area (Å²) in [6.07, 6.45) is 1.75. The van der Waals surface area contributed by atoms with Crippen molar-refractivity contribution >= 4 is 46.8 Å². The molecule has 6 nitrogen and oxygen atoms in total. The van der Waals surface area contributed by atoms with Gasteiger partial charge in [0.25, 0.3) is 5.91 Å². The zero-order valence-corrected chi connectivity index (χ0v) is 22.9. The number of allylic oxidation sites excluding steroid dienone is 1. The SMILES string of the molecule is CCOC(=O)C1=C(C)N(c2ccc(OCC)cc2)C(=O)/C1=C\c1cc(C)n(-c2ccc(Cl)cc2Cl)c1C. The molecule has 2 heterocycles. The molecule has 0 spiro atoms. The van der Waals surface area contributed by atoms with Gasteiger partial charge >= 0.3 is 5.97 Å². The summed E-state index contributed by atoms with van der Waals surface area (Å²) >= 11 is 12.6. The van der Waals surface area contributed by atoms with Crippen LogP contribution in [-0.4, -0.2) is 29.7 Å². The van der Waals surface area contributed by atoms with Gasteiger partial charge in [-0.25, -0.2) is 4.79 Å². The minimum Gasteiger partial charge on any atom is -0.494 e. The molecule has 0 radical (unpaired) electrons. The summed E-state index contributed by atoms with van der Waals surface area (Å²) < 4.78 is 12.9. The van der Waals surface area contributed by atoms with Gasteiger partial charge in [-0.15, -0.1) is 0 Å². The second kappa shape index (κ2) is 10.9. The fraction of sp³-hybridized carbons (Fsp3) is 0.241. The quantitative estimate of drug-likeness (QED) is 0.238. The maximum Gasteiger partial charge on any atom is 0.340 e. The Morgan fingerprint density at radius 3 is 2.30 bits per heavy atom. The molecule has 192 valence electrons. The highest BCUT2D eigenvalue weighted by molar-refractivity contribution is 6.35. The Labute approximate surface area is 226 Å². The van der Waals surface area contributed by atoms with Crippen molar-refractivity contribution in [3.63, 3.8) is 0 Å². The third kappa shape index (κ3) is 5.04. The standard InChI is InChI=1S/C29H28Cl2N2O4/c1-6-36-23-11-9-22(10-12-23)33-19(5)27(29(35)37-7-2)24(28(33)34)15-20-14-17(3)32(18(20)4)26-13-8-21(30)16-25(26)31/h8-16H,6-7H2,1-5H3/b24-15-. The number of halogens is 2. The molecule has 2 aromatic carbocycles. The van der Waals surface area contributed by atoms with Crippen molar-refractivity contribution in [2.24, 2.45) is 0 Å². The third-order valence-electron chi connectivity index (χ3n) is 6.21. The van der Waals surface area contributed by atoms with E-state index in [0.29, 0.717) is 33.8 Å². The number of ether oxygens (including phenoxy) is 2. The lowest BCUT2D eigenvalue weighted by molar-refractivity contribution is -0.138. The van der Waals surface area contributed by atoms with E-state index in [4.69, 9.17) is 32.7 Å². The summed E-state index contributed by atoms with van der Waals surface area (Å²) in [6.45, 7) is 10.0. The molecular formula is C29H28Cl2N2O4.